The van der Waals surface area contributed by atoms with Gasteiger partial charge in [0.1, 0.15) is 11.6 Å². The highest BCUT2D eigenvalue weighted by Gasteiger charge is 2.42. The largest absolute Gasteiger partial charge is 0.422 e. The predicted molar refractivity (Wildman–Crippen MR) is 151 cm³/mol. The number of aryl methyl sites for hydroxylation is 1. The lowest BCUT2D eigenvalue weighted by Crippen LogP contribution is -2.52. The van der Waals surface area contributed by atoms with Gasteiger partial charge in [0, 0.05) is 64.1 Å². The quantitative estimate of drug-likeness (QED) is 0.403. The summed E-state index contributed by atoms with van der Waals surface area (Å²) in [7, 11) is 3.97. The van der Waals surface area contributed by atoms with Crippen molar-refractivity contribution in [3.63, 3.8) is 0 Å². The Morgan fingerprint density at radius 1 is 0.975 bits per heavy atom. The molecule has 1 spiro atoms. The van der Waals surface area contributed by atoms with E-state index in [1.54, 1.807) is 23.0 Å². The molecule has 0 atom stereocenters. The summed E-state index contributed by atoms with van der Waals surface area (Å²) in [5.74, 6) is 0.771. The van der Waals surface area contributed by atoms with Crippen LogP contribution >= 0.6 is 0 Å². The van der Waals surface area contributed by atoms with Crippen LogP contribution in [0.25, 0.3) is 22.5 Å². The fourth-order valence-electron chi connectivity index (χ4n) is 5.70. The highest BCUT2D eigenvalue weighted by Crippen LogP contribution is 2.39. The van der Waals surface area contributed by atoms with Crippen LogP contribution in [0.5, 0.6) is 0 Å². The van der Waals surface area contributed by atoms with Gasteiger partial charge >= 0.3 is 0 Å². The summed E-state index contributed by atoms with van der Waals surface area (Å²) in [6.45, 7) is 5.89. The molecular weight excluding hydrogens is 510 g/mol. The van der Waals surface area contributed by atoms with Crippen LogP contribution in [0.3, 0.4) is 0 Å². The second-order valence-electron chi connectivity index (χ2n) is 11.0. The van der Waals surface area contributed by atoms with E-state index in [1.807, 2.05) is 25.4 Å². The molecule has 40 heavy (non-hydrogen) atoms. The average Bonchev–Trinajstić information content (AvgIpc) is 3.58. The minimum Gasteiger partial charge on any atom is -0.422 e. The number of piperidine rings is 1. The molecule has 0 saturated carbocycles. The lowest BCUT2D eigenvalue weighted by Gasteiger charge is -2.48. The summed E-state index contributed by atoms with van der Waals surface area (Å²) in [5, 5.41) is 7.21. The molecular formula is C28H33N9O3. The number of likely N-dealkylation sites (N-methyl/N-ethyl adjacent to an activating group) is 1. The van der Waals surface area contributed by atoms with Crippen LogP contribution in [0.4, 0.5) is 17.7 Å². The van der Waals surface area contributed by atoms with Crippen LogP contribution in [0.15, 0.2) is 41.1 Å². The molecule has 0 aliphatic carbocycles. The van der Waals surface area contributed by atoms with Gasteiger partial charge in [0.15, 0.2) is 5.58 Å². The summed E-state index contributed by atoms with van der Waals surface area (Å²) in [6.07, 6.45) is 6.56. The first-order valence-corrected chi connectivity index (χ1v) is 13.9. The van der Waals surface area contributed by atoms with E-state index < -0.39 is 0 Å². The van der Waals surface area contributed by atoms with Gasteiger partial charge in [-0.15, -0.1) is 0 Å². The second kappa shape index (κ2) is 9.86. The van der Waals surface area contributed by atoms with E-state index in [4.69, 9.17) is 19.1 Å². The number of hydrogen-bond acceptors (Lipinski definition) is 10. The number of aromatic nitrogens is 5. The average molecular weight is 544 g/mol. The molecule has 1 amide bonds. The number of ether oxygens (including phenoxy) is 1. The number of anilines is 3. The molecule has 3 aliphatic rings. The molecule has 12 nitrogen and oxygen atoms in total. The van der Waals surface area contributed by atoms with Crippen molar-refractivity contribution in [2.45, 2.75) is 24.9 Å². The van der Waals surface area contributed by atoms with Gasteiger partial charge in [0.25, 0.3) is 11.9 Å². The van der Waals surface area contributed by atoms with Crippen LogP contribution in [0.1, 0.15) is 29.6 Å². The van der Waals surface area contributed by atoms with Crippen molar-refractivity contribution in [1.29, 1.82) is 0 Å². The molecule has 0 aromatic carbocycles. The molecule has 4 aromatic heterocycles. The first kappa shape index (κ1) is 25.0. The van der Waals surface area contributed by atoms with E-state index in [1.165, 1.54) is 0 Å². The van der Waals surface area contributed by atoms with Gasteiger partial charge in [-0.3, -0.25) is 9.48 Å². The number of rotatable bonds is 5. The van der Waals surface area contributed by atoms with Crippen molar-refractivity contribution in [3.05, 3.63) is 42.2 Å². The van der Waals surface area contributed by atoms with Gasteiger partial charge in [0.05, 0.1) is 29.7 Å². The Bertz CT molecular complexity index is 1540. The third-order valence-electron chi connectivity index (χ3n) is 8.30. The molecule has 0 radical (unpaired) electrons. The Morgan fingerprint density at radius 3 is 2.48 bits per heavy atom. The smallest absolute Gasteiger partial charge is 0.300 e. The number of hydrogen-bond donors (Lipinski definition) is 1. The highest BCUT2D eigenvalue weighted by atomic mass is 16.5. The predicted octanol–water partition coefficient (Wildman–Crippen LogP) is 2.78. The molecule has 4 aromatic rings. The van der Waals surface area contributed by atoms with Crippen molar-refractivity contribution in [2.24, 2.45) is 7.05 Å². The van der Waals surface area contributed by atoms with Crippen molar-refractivity contribution in [1.82, 2.24) is 29.6 Å². The summed E-state index contributed by atoms with van der Waals surface area (Å²) >= 11 is 0. The molecule has 12 heteroatoms. The maximum Gasteiger partial charge on any atom is 0.300 e. The lowest BCUT2D eigenvalue weighted by atomic mass is 9.84. The molecule has 0 unspecified atom stereocenters. The minimum absolute atomic E-state index is 0.0117. The summed E-state index contributed by atoms with van der Waals surface area (Å²) in [6, 6.07) is 7.86. The fraction of sp³-hybridized carbons (Fsp3) is 0.464. The molecule has 3 aliphatic heterocycles. The van der Waals surface area contributed by atoms with Crippen LogP contribution in [-0.4, -0.2) is 94.1 Å². The number of nitrogens with zero attached hydrogens (tertiary/aromatic N) is 8. The van der Waals surface area contributed by atoms with E-state index in [0.717, 1.165) is 76.4 Å². The van der Waals surface area contributed by atoms with Crippen molar-refractivity contribution < 1.29 is 13.9 Å². The van der Waals surface area contributed by atoms with Gasteiger partial charge in [-0.05, 0) is 38.4 Å². The van der Waals surface area contributed by atoms with Gasteiger partial charge in [-0.1, -0.05) is 6.07 Å². The van der Waals surface area contributed by atoms with E-state index >= 15 is 0 Å². The van der Waals surface area contributed by atoms with Gasteiger partial charge in [-0.25, -0.2) is 9.97 Å². The molecule has 3 fully saturated rings. The highest BCUT2D eigenvalue weighted by molar-refractivity contribution is 6.08. The number of carbonyl (C=O) groups is 1. The Morgan fingerprint density at radius 2 is 1.77 bits per heavy atom. The number of nitrogens with one attached hydrogen (secondary N) is 1. The number of oxazole rings is 1. The monoisotopic (exact) mass is 543 g/mol. The molecule has 1 N–H and O–H groups in total. The first-order valence-electron chi connectivity index (χ1n) is 13.9. The normalized spacial score (nSPS) is 19.2. The van der Waals surface area contributed by atoms with Crippen molar-refractivity contribution in [3.8, 4) is 11.3 Å². The van der Waals surface area contributed by atoms with Crippen molar-refractivity contribution >= 4 is 34.8 Å². The Balaban J connectivity index is 1.20. The maximum absolute atomic E-state index is 13.8. The molecule has 7 heterocycles. The van der Waals surface area contributed by atoms with E-state index in [2.05, 4.69) is 37.1 Å². The Labute approximate surface area is 231 Å². The number of fused-ring (bicyclic) bond motifs is 1. The topological polar surface area (TPSA) is 118 Å². The fourth-order valence-corrected chi connectivity index (χ4v) is 5.70. The molecule has 7 rings (SSSR count). The van der Waals surface area contributed by atoms with Crippen molar-refractivity contribution in [2.75, 3.05) is 68.0 Å². The van der Waals surface area contributed by atoms with E-state index in [0.29, 0.717) is 34.4 Å². The molecule has 3 saturated heterocycles. The minimum atomic E-state index is -0.294. The first-order chi connectivity index (χ1) is 19.4. The number of amides is 1. The van der Waals surface area contributed by atoms with Gasteiger partial charge < -0.3 is 29.2 Å². The standard InChI is InChI=1S/C28H33N9O3/c1-34-11-13-37(14-12-34)27-33-24-22(40-27)16-20(25(32-24)36-9-6-28(7-10-36)8-15-39-28)26(38)31-23-5-3-4-21(30-23)19-17-29-35(2)18-19/h3-5,16-18H,6-15H2,1-2H3,(H,30,31,38). The third kappa shape index (κ3) is 4.66. The number of piperazine rings is 1. The van der Waals surface area contributed by atoms with Crippen LogP contribution < -0.4 is 15.1 Å². The molecule has 208 valence electrons. The van der Waals surface area contributed by atoms with E-state index in [-0.39, 0.29) is 11.5 Å². The zero-order valence-electron chi connectivity index (χ0n) is 22.8. The van der Waals surface area contributed by atoms with Crippen LogP contribution in [0, 0.1) is 0 Å². The zero-order valence-corrected chi connectivity index (χ0v) is 22.8. The Hall–Kier alpha value is -4.03. The molecule has 0 bridgehead atoms. The van der Waals surface area contributed by atoms with E-state index in [9.17, 15) is 4.79 Å². The van der Waals surface area contributed by atoms with Crippen LogP contribution in [-0.2, 0) is 11.8 Å². The number of carbonyl (C=O) groups excluding carboxylic acids is 1. The SMILES string of the molecule is CN1CCN(c2nc3nc(N4CCC5(CCO5)CC4)c(C(=O)Nc4cccc(-c5cnn(C)c5)n4)cc3o2)CC1. The second-order valence-corrected chi connectivity index (χ2v) is 11.0. The third-order valence-corrected chi connectivity index (χ3v) is 8.30. The summed E-state index contributed by atoms with van der Waals surface area (Å²) < 4.78 is 13.8. The number of pyridine rings is 2. The summed E-state index contributed by atoms with van der Waals surface area (Å²) in [4.78, 5) is 34.6. The van der Waals surface area contributed by atoms with Gasteiger partial charge in [-0.2, -0.15) is 10.1 Å². The maximum atomic E-state index is 13.8. The van der Waals surface area contributed by atoms with Crippen LogP contribution in [0.2, 0.25) is 0 Å². The lowest BCUT2D eigenvalue weighted by molar-refractivity contribution is -0.158. The summed E-state index contributed by atoms with van der Waals surface area (Å²) in [5.41, 5.74) is 3.04. The zero-order chi connectivity index (χ0) is 27.3. The Kier molecular flexibility index (Phi) is 6.16. The van der Waals surface area contributed by atoms with Gasteiger partial charge in [0.2, 0.25) is 5.65 Å².